The van der Waals surface area contributed by atoms with E-state index < -0.39 is 0 Å². The van der Waals surface area contributed by atoms with Gasteiger partial charge in [0.05, 0.1) is 11.0 Å². The van der Waals surface area contributed by atoms with E-state index in [0.29, 0.717) is 0 Å². The maximum atomic E-state index is 3.76. The van der Waals surface area contributed by atoms with Crippen LogP contribution in [0, 0.1) is 0 Å². The van der Waals surface area contributed by atoms with Crippen LogP contribution in [0.5, 0.6) is 0 Å². The summed E-state index contributed by atoms with van der Waals surface area (Å²) >= 11 is 0. The van der Waals surface area contributed by atoms with Crippen molar-refractivity contribution in [3.8, 4) is 5.69 Å². The lowest BCUT2D eigenvalue weighted by molar-refractivity contribution is 0.694. The number of anilines is 1. The van der Waals surface area contributed by atoms with Gasteiger partial charge in [0.2, 0.25) is 0 Å². The van der Waals surface area contributed by atoms with Crippen molar-refractivity contribution in [1.29, 1.82) is 0 Å². The van der Waals surface area contributed by atoms with Crippen LogP contribution < -0.4 is 10.6 Å². The standard InChI is InChI=1S/C42H37N3/c1-3-11-30(12-4-1)28-43-29-31-19-20-33-26-36(23-21-32(33)25-31)45-41-18-10-8-16-38(41)39-27-34(22-24-42(39)45)37-15-7-9-17-40(37)44-35-13-5-2-6-14-35/h1-6,8,10-14,16,18-27,43-44H,7,9,15,17,28-29H2. The highest BCUT2D eigenvalue weighted by atomic mass is 15.0. The number of para-hydroxylation sites is 2. The number of benzene rings is 6. The molecule has 0 radical (unpaired) electrons. The van der Waals surface area contributed by atoms with Gasteiger partial charge in [-0.1, -0.05) is 91.0 Å². The van der Waals surface area contributed by atoms with Crippen molar-refractivity contribution in [3.05, 3.63) is 162 Å². The maximum Gasteiger partial charge on any atom is 0.0541 e. The summed E-state index contributed by atoms with van der Waals surface area (Å²) in [6.07, 6.45) is 4.66. The molecule has 3 heteroatoms. The molecule has 7 aromatic rings. The molecule has 2 N–H and O–H groups in total. The van der Waals surface area contributed by atoms with Crippen molar-refractivity contribution in [1.82, 2.24) is 9.88 Å². The fraction of sp³-hybridized carbons (Fsp3) is 0.143. The summed E-state index contributed by atoms with van der Waals surface area (Å²) in [4.78, 5) is 0. The zero-order chi connectivity index (χ0) is 30.0. The molecule has 0 saturated heterocycles. The summed E-state index contributed by atoms with van der Waals surface area (Å²) < 4.78 is 2.43. The molecule has 1 aliphatic rings. The molecule has 3 nitrogen and oxygen atoms in total. The lowest BCUT2D eigenvalue weighted by atomic mass is 9.90. The largest absolute Gasteiger partial charge is 0.359 e. The Balaban J connectivity index is 1.14. The summed E-state index contributed by atoms with van der Waals surface area (Å²) in [7, 11) is 0. The summed E-state index contributed by atoms with van der Waals surface area (Å²) in [6, 6.07) is 50.8. The van der Waals surface area contributed by atoms with E-state index in [0.717, 1.165) is 31.6 Å². The van der Waals surface area contributed by atoms with Crippen LogP contribution in [0.15, 0.2) is 145 Å². The maximum absolute atomic E-state index is 3.76. The van der Waals surface area contributed by atoms with E-state index in [4.69, 9.17) is 0 Å². The van der Waals surface area contributed by atoms with Crippen LogP contribution >= 0.6 is 0 Å². The van der Waals surface area contributed by atoms with Crippen molar-refractivity contribution in [2.45, 2.75) is 38.8 Å². The Morgan fingerprint density at radius 2 is 1.24 bits per heavy atom. The van der Waals surface area contributed by atoms with E-state index in [1.54, 1.807) is 0 Å². The van der Waals surface area contributed by atoms with Gasteiger partial charge in [0.15, 0.2) is 0 Å². The molecule has 8 rings (SSSR count). The topological polar surface area (TPSA) is 29.0 Å². The lowest BCUT2D eigenvalue weighted by Gasteiger charge is -2.22. The Kier molecular flexibility index (Phi) is 7.38. The molecule has 0 unspecified atom stereocenters. The third-order valence-electron chi connectivity index (χ3n) is 9.21. The first kappa shape index (κ1) is 27.4. The highest BCUT2D eigenvalue weighted by molar-refractivity contribution is 6.10. The van der Waals surface area contributed by atoms with Gasteiger partial charge in [-0.3, -0.25) is 0 Å². The minimum Gasteiger partial charge on any atom is -0.359 e. The van der Waals surface area contributed by atoms with Crippen molar-refractivity contribution in [2.24, 2.45) is 0 Å². The second-order valence-corrected chi connectivity index (χ2v) is 12.2. The van der Waals surface area contributed by atoms with Gasteiger partial charge in [-0.05, 0) is 107 Å². The number of aromatic nitrogens is 1. The molecule has 6 aromatic carbocycles. The summed E-state index contributed by atoms with van der Waals surface area (Å²) in [6.45, 7) is 1.72. The molecule has 1 aliphatic carbocycles. The van der Waals surface area contributed by atoms with E-state index >= 15 is 0 Å². The monoisotopic (exact) mass is 583 g/mol. The molecule has 0 bridgehead atoms. The molecule has 220 valence electrons. The number of nitrogens with zero attached hydrogens (tertiary/aromatic N) is 1. The Morgan fingerprint density at radius 1 is 0.533 bits per heavy atom. The lowest BCUT2D eigenvalue weighted by Crippen LogP contribution is -2.12. The van der Waals surface area contributed by atoms with Crippen LogP contribution in [0.2, 0.25) is 0 Å². The van der Waals surface area contributed by atoms with E-state index in [9.17, 15) is 0 Å². The molecule has 0 spiro atoms. The minimum atomic E-state index is 0.848. The van der Waals surface area contributed by atoms with Gasteiger partial charge in [0.25, 0.3) is 0 Å². The van der Waals surface area contributed by atoms with E-state index in [1.165, 1.54) is 79.1 Å². The highest BCUT2D eigenvalue weighted by Crippen LogP contribution is 2.38. The summed E-state index contributed by atoms with van der Waals surface area (Å²) in [5.74, 6) is 0. The fourth-order valence-electron chi connectivity index (χ4n) is 6.98. The molecule has 1 aromatic heterocycles. The molecule has 0 aliphatic heterocycles. The second-order valence-electron chi connectivity index (χ2n) is 12.2. The molecule has 0 saturated carbocycles. The zero-order valence-corrected chi connectivity index (χ0v) is 25.5. The quantitative estimate of drug-likeness (QED) is 0.186. The number of hydrogen-bond acceptors (Lipinski definition) is 2. The number of allylic oxidation sites excluding steroid dienone is 2. The molecular weight excluding hydrogens is 546 g/mol. The van der Waals surface area contributed by atoms with E-state index in [2.05, 4.69) is 155 Å². The fourth-order valence-corrected chi connectivity index (χ4v) is 6.98. The van der Waals surface area contributed by atoms with Gasteiger partial charge in [0, 0.05) is 40.9 Å². The summed E-state index contributed by atoms with van der Waals surface area (Å²) in [5, 5.41) is 12.5. The van der Waals surface area contributed by atoms with Crippen LogP contribution in [0.3, 0.4) is 0 Å². The van der Waals surface area contributed by atoms with Gasteiger partial charge in [-0.2, -0.15) is 0 Å². The van der Waals surface area contributed by atoms with Crippen molar-refractivity contribution >= 4 is 43.8 Å². The van der Waals surface area contributed by atoms with Crippen LogP contribution in [-0.2, 0) is 13.1 Å². The second kappa shape index (κ2) is 12.1. The van der Waals surface area contributed by atoms with Crippen molar-refractivity contribution in [2.75, 3.05) is 5.32 Å². The molecule has 0 atom stereocenters. The van der Waals surface area contributed by atoms with E-state index in [-0.39, 0.29) is 0 Å². The van der Waals surface area contributed by atoms with Gasteiger partial charge in [0.1, 0.15) is 0 Å². The van der Waals surface area contributed by atoms with Crippen molar-refractivity contribution < 1.29 is 0 Å². The highest BCUT2D eigenvalue weighted by Gasteiger charge is 2.18. The van der Waals surface area contributed by atoms with Gasteiger partial charge in [-0.15, -0.1) is 0 Å². The van der Waals surface area contributed by atoms with Crippen LogP contribution in [0.25, 0.3) is 43.8 Å². The first-order valence-corrected chi connectivity index (χ1v) is 16.2. The smallest absolute Gasteiger partial charge is 0.0541 e. The third-order valence-corrected chi connectivity index (χ3v) is 9.21. The van der Waals surface area contributed by atoms with Crippen LogP contribution in [0.1, 0.15) is 42.4 Å². The minimum absolute atomic E-state index is 0.848. The predicted molar refractivity (Wildman–Crippen MR) is 191 cm³/mol. The molecule has 0 fully saturated rings. The Morgan fingerprint density at radius 3 is 2.13 bits per heavy atom. The number of fused-ring (bicyclic) bond motifs is 4. The van der Waals surface area contributed by atoms with Crippen LogP contribution in [-0.4, -0.2) is 4.57 Å². The van der Waals surface area contributed by atoms with Gasteiger partial charge >= 0.3 is 0 Å². The normalized spacial score (nSPS) is 13.6. The molecule has 1 heterocycles. The number of hydrogen-bond donors (Lipinski definition) is 2. The predicted octanol–water partition coefficient (Wildman–Crippen LogP) is 10.6. The first-order chi connectivity index (χ1) is 22.3. The zero-order valence-electron chi connectivity index (χ0n) is 25.5. The average Bonchev–Trinajstić information content (AvgIpc) is 3.43. The SMILES string of the molecule is c1ccc(CNCc2ccc3cc(-n4c5ccccc5c5cc(C6=C(Nc7ccccc7)CCCC6)ccc54)ccc3c2)cc1. The number of rotatable bonds is 8. The van der Waals surface area contributed by atoms with Crippen LogP contribution in [0.4, 0.5) is 5.69 Å². The van der Waals surface area contributed by atoms with Gasteiger partial charge < -0.3 is 15.2 Å². The summed E-state index contributed by atoms with van der Waals surface area (Å²) in [5.41, 5.74) is 11.6. The average molecular weight is 584 g/mol. The van der Waals surface area contributed by atoms with E-state index in [1.807, 2.05) is 0 Å². The molecule has 0 amide bonds. The van der Waals surface area contributed by atoms with Crippen molar-refractivity contribution in [3.63, 3.8) is 0 Å². The van der Waals surface area contributed by atoms with Gasteiger partial charge in [-0.25, -0.2) is 0 Å². The third kappa shape index (κ3) is 5.52. The number of nitrogens with one attached hydrogen (secondary N) is 2. The Bertz CT molecular complexity index is 2160. The Labute approximate surface area is 264 Å². The Hall–Kier alpha value is -5.12. The molecule has 45 heavy (non-hydrogen) atoms. The molecular formula is C42H37N3. The first-order valence-electron chi connectivity index (χ1n) is 16.2.